The molecule has 0 radical (unpaired) electrons. The molecule has 6 rings (SSSR count). The summed E-state index contributed by atoms with van der Waals surface area (Å²) in [6.07, 6.45) is 5.87. The van der Waals surface area contributed by atoms with Gasteiger partial charge in [0.1, 0.15) is 5.75 Å². The Morgan fingerprint density at radius 2 is 1.88 bits per heavy atom. The van der Waals surface area contributed by atoms with Crippen LogP contribution in [0.4, 0.5) is 0 Å². The summed E-state index contributed by atoms with van der Waals surface area (Å²) in [6.45, 7) is 2.80. The highest BCUT2D eigenvalue weighted by molar-refractivity contribution is 6.32. The molecule has 1 heterocycles. The van der Waals surface area contributed by atoms with Gasteiger partial charge in [-0.2, -0.15) is 0 Å². The summed E-state index contributed by atoms with van der Waals surface area (Å²) in [6, 6.07) is 2.17. The van der Waals surface area contributed by atoms with Gasteiger partial charge in [0.15, 0.2) is 34.7 Å². The number of carbonyl (C=O) groups is 5. The Morgan fingerprint density at radius 3 is 2.48 bits per heavy atom. The number of hydrogen-bond donors (Lipinski definition) is 3. The van der Waals surface area contributed by atoms with Crippen molar-refractivity contribution in [2.45, 2.75) is 43.7 Å². The molecule has 1 aromatic carbocycles. The second kappa shape index (κ2) is 9.43. The SMILES string of the molecule is CN(C)[C@@H]1C(=O)C(C(N)=O)C(=O)[C@@]2(O)C(=O)C3C(=O)c4c(O)ccc(C5=CCN(CC6CC6)CC5)c4C[C@H]3C[C@@H]12. The summed E-state index contributed by atoms with van der Waals surface area (Å²) in [4.78, 5) is 70.5. The minimum atomic E-state index is -2.71. The fourth-order valence-corrected chi connectivity index (χ4v) is 7.69. The van der Waals surface area contributed by atoms with Crippen molar-refractivity contribution in [3.05, 3.63) is 34.9 Å². The molecular weight excluding hydrogens is 514 g/mol. The molecule has 1 aromatic rings. The van der Waals surface area contributed by atoms with Crippen LogP contribution in [0.25, 0.3) is 5.57 Å². The van der Waals surface area contributed by atoms with E-state index in [1.165, 1.54) is 23.8 Å². The number of rotatable bonds is 5. The molecule has 212 valence electrons. The number of Topliss-reactive ketones (excluding diaryl/α,β-unsaturated/α-hetero) is 4. The fourth-order valence-electron chi connectivity index (χ4n) is 7.69. The van der Waals surface area contributed by atoms with Crippen LogP contribution in [-0.2, 0) is 25.6 Å². The van der Waals surface area contributed by atoms with E-state index in [0.717, 1.165) is 43.1 Å². The first-order valence-electron chi connectivity index (χ1n) is 14.1. The standard InChI is InChI=1S/C30H35N3O7/c1-32(2)24-19-12-16-11-18-17(15-7-9-33(10-8-15)13-14-3-4-14)5-6-20(34)22(18)25(35)21(16)27(37)30(19,40)28(38)23(26(24)36)29(31)39/h5-7,14,16,19,21,23-24,34,40H,3-4,8-13H2,1-2H3,(H2,31,39)/t16-,19-,21?,23?,24-,30-/m0/s1. The molecule has 3 fully saturated rings. The van der Waals surface area contributed by atoms with Crippen LogP contribution in [0.2, 0.25) is 0 Å². The highest BCUT2D eigenvalue weighted by Crippen LogP contribution is 2.51. The number of ketones is 4. The highest BCUT2D eigenvalue weighted by Gasteiger charge is 2.69. The number of aliphatic hydroxyl groups is 1. The smallest absolute Gasteiger partial charge is 0.235 e. The van der Waals surface area contributed by atoms with Crippen molar-refractivity contribution < 1.29 is 34.2 Å². The average Bonchev–Trinajstić information content (AvgIpc) is 3.70. The van der Waals surface area contributed by atoms with E-state index in [9.17, 15) is 34.2 Å². The number of hydrogen-bond acceptors (Lipinski definition) is 9. The minimum Gasteiger partial charge on any atom is -0.507 e. The van der Waals surface area contributed by atoms with Crippen LogP contribution in [0.3, 0.4) is 0 Å². The number of fused-ring (bicyclic) bond motifs is 3. The van der Waals surface area contributed by atoms with Gasteiger partial charge in [-0.3, -0.25) is 33.8 Å². The molecule has 0 bridgehead atoms. The quantitative estimate of drug-likeness (QED) is 0.441. The molecule has 5 aliphatic rings. The number of likely N-dealkylation sites (N-methyl/N-ethyl adjacent to an activating group) is 1. The molecule has 10 nitrogen and oxygen atoms in total. The Bertz CT molecular complexity index is 1380. The Morgan fingerprint density at radius 1 is 1.15 bits per heavy atom. The lowest BCUT2D eigenvalue weighted by Crippen LogP contribution is -2.74. The lowest BCUT2D eigenvalue weighted by Gasteiger charge is -2.52. The molecule has 2 unspecified atom stereocenters. The minimum absolute atomic E-state index is 0.0467. The number of primary amides is 1. The van der Waals surface area contributed by atoms with Crippen LogP contribution in [-0.4, -0.2) is 94.4 Å². The van der Waals surface area contributed by atoms with Gasteiger partial charge in [-0.15, -0.1) is 0 Å². The normalized spacial score (nSPS) is 34.3. The molecule has 4 N–H and O–H groups in total. The van der Waals surface area contributed by atoms with Gasteiger partial charge in [-0.05, 0) is 80.8 Å². The summed E-state index contributed by atoms with van der Waals surface area (Å²) < 4.78 is 0. The zero-order valence-corrected chi connectivity index (χ0v) is 22.8. The zero-order chi connectivity index (χ0) is 28.7. The Labute approximate surface area is 232 Å². The Hall–Kier alpha value is -3.21. The lowest BCUT2D eigenvalue weighted by atomic mass is 9.52. The first kappa shape index (κ1) is 27.0. The Balaban J connectivity index is 1.39. The third-order valence-corrected chi connectivity index (χ3v) is 9.80. The van der Waals surface area contributed by atoms with Gasteiger partial charge < -0.3 is 15.9 Å². The maximum absolute atomic E-state index is 13.9. The summed E-state index contributed by atoms with van der Waals surface area (Å²) in [7, 11) is 3.15. The van der Waals surface area contributed by atoms with E-state index in [1.54, 1.807) is 14.1 Å². The van der Waals surface area contributed by atoms with Crippen LogP contribution in [0.1, 0.15) is 47.2 Å². The van der Waals surface area contributed by atoms with Crippen molar-refractivity contribution in [3.8, 4) is 5.75 Å². The number of nitrogens with zero attached hydrogens (tertiary/aromatic N) is 2. The highest BCUT2D eigenvalue weighted by atomic mass is 16.3. The van der Waals surface area contributed by atoms with Crippen LogP contribution < -0.4 is 5.73 Å². The van der Waals surface area contributed by atoms with Crippen LogP contribution in [0.15, 0.2) is 18.2 Å². The number of benzene rings is 1. The Kier molecular flexibility index (Phi) is 6.36. The monoisotopic (exact) mass is 549 g/mol. The van der Waals surface area contributed by atoms with Crippen molar-refractivity contribution in [3.63, 3.8) is 0 Å². The number of amides is 1. The van der Waals surface area contributed by atoms with Crippen molar-refractivity contribution in [1.29, 1.82) is 0 Å². The van der Waals surface area contributed by atoms with Gasteiger partial charge in [-0.1, -0.05) is 12.1 Å². The summed E-state index contributed by atoms with van der Waals surface area (Å²) >= 11 is 0. The van der Waals surface area contributed by atoms with Crippen LogP contribution in [0.5, 0.6) is 5.75 Å². The number of aromatic hydroxyl groups is 1. The van der Waals surface area contributed by atoms with Gasteiger partial charge in [0.2, 0.25) is 5.91 Å². The van der Waals surface area contributed by atoms with E-state index in [1.807, 2.05) is 6.07 Å². The molecule has 0 saturated heterocycles. The van der Waals surface area contributed by atoms with E-state index in [4.69, 9.17) is 5.73 Å². The maximum atomic E-state index is 13.9. The second-order valence-electron chi connectivity index (χ2n) is 12.5. The molecule has 10 heteroatoms. The van der Waals surface area contributed by atoms with Gasteiger partial charge in [0.05, 0.1) is 17.5 Å². The topological polar surface area (TPSA) is 158 Å². The fraction of sp³-hybridized carbons (Fsp3) is 0.567. The van der Waals surface area contributed by atoms with Gasteiger partial charge in [-0.25, -0.2) is 0 Å². The van der Waals surface area contributed by atoms with Crippen molar-refractivity contribution in [2.24, 2.45) is 35.3 Å². The predicted octanol–water partition coefficient (Wildman–Crippen LogP) is 0.366. The van der Waals surface area contributed by atoms with E-state index >= 15 is 0 Å². The molecular formula is C30H35N3O7. The summed E-state index contributed by atoms with van der Waals surface area (Å²) in [5.41, 5.74) is 5.33. The van der Waals surface area contributed by atoms with E-state index in [-0.39, 0.29) is 24.2 Å². The van der Waals surface area contributed by atoms with E-state index in [2.05, 4.69) is 11.0 Å². The number of phenolic OH excluding ortho intramolecular Hbond substituents is 1. The van der Waals surface area contributed by atoms with Crippen molar-refractivity contribution in [1.82, 2.24) is 9.80 Å². The van der Waals surface area contributed by atoms with Crippen molar-refractivity contribution in [2.75, 3.05) is 33.7 Å². The molecule has 4 aliphatic carbocycles. The van der Waals surface area contributed by atoms with Gasteiger partial charge in [0.25, 0.3) is 0 Å². The first-order valence-corrected chi connectivity index (χ1v) is 14.1. The second-order valence-corrected chi connectivity index (χ2v) is 12.5. The van der Waals surface area contributed by atoms with Gasteiger partial charge in [0, 0.05) is 25.6 Å². The third kappa shape index (κ3) is 3.91. The van der Waals surface area contributed by atoms with Crippen molar-refractivity contribution >= 4 is 34.6 Å². The first-order chi connectivity index (χ1) is 18.9. The molecule has 0 aromatic heterocycles. The van der Waals surface area contributed by atoms with Crippen LogP contribution >= 0.6 is 0 Å². The molecule has 1 aliphatic heterocycles. The van der Waals surface area contributed by atoms with E-state index in [0.29, 0.717) is 5.56 Å². The van der Waals surface area contributed by atoms with E-state index < -0.39 is 64.4 Å². The average molecular weight is 550 g/mol. The molecule has 3 saturated carbocycles. The molecule has 6 atom stereocenters. The summed E-state index contributed by atoms with van der Waals surface area (Å²) in [5, 5.41) is 22.5. The number of nitrogens with two attached hydrogens (primary N) is 1. The number of carbonyl (C=O) groups excluding carboxylic acids is 5. The van der Waals surface area contributed by atoms with Gasteiger partial charge >= 0.3 is 0 Å². The largest absolute Gasteiger partial charge is 0.507 e. The number of phenols is 1. The maximum Gasteiger partial charge on any atom is 0.235 e. The van der Waals surface area contributed by atoms with Crippen LogP contribution in [0, 0.1) is 29.6 Å². The third-order valence-electron chi connectivity index (χ3n) is 9.80. The summed E-state index contributed by atoms with van der Waals surface area (Å²) in [5.74, 6) is -9.41. The lowest BCUT2D eigenvalue weighted by molar-refractivity contribution is -0.181. The predicted molar refractivity (Wildman–Crippen MR) is 143 cm³/mol. The molecule has 1 amide bonds. The molecule has 40 heavy (non-hydrogen) atoms. The zero-order valence-electron chi connectivity index (χ0n) is 22.8. The molecule has 0 spiro atoms.